The molecule has 1 aliphatic carbocycles. The van der Waals surface area contributed by atoms with Gasteiger partial charge in [-0.25, -0.2) is 9.97 Å². The first-order valence-electron chi connectivity index (χ1n) is 8.80. The van der Waals surface area contributed by atoms with Gasteiger partial charge in [0, 0.05) is 36.6 Å². The van der Waals surface area contributed by atoms with Gasteiger partial charge in [-0.05, 0) is 43.9 Å². The molecule has 1 saturated carbocycles. The van der Waals surface area contributed by atoms with Crippen molar-refractivity contribution in [3.8, 4) is 0 Å². The van der Waals surface area contributed by atoms with Crippen LogP contribution in [-0.2, 0) is 11.0 Å². The minimum absolute atomic E-state index is 0.138. The fourth-order valence-corrected chi connectivity index (χ4v) is 3.35. The van der Waals surface area contributed by atoms with E-state index >= 15 is 0 Å². The molecule has 1 saturated heterocycles. The molecule has 0 unspecified atom stereocenters. The molecule has 138 valence electrons. The van der Waals surface area contributed by atoms with Gasteiger partial charge in [-0.15, -0.1) is 0 Å². The number of halogens is 3. The molecule has 1 amide bonds. The molecule has 1 N–H and O–H groups in total. The summed E-state index contributed by atoms with van der Waals surface area (Å²) in [6.07, 6.45) is 0.596. The SMILES string of the molecule is O=C(C1CC1)N1CCC(Nc2nccc3nc(C(F)(F)F)ccc23)CC1. The summed E-state index contributed by atoms with van der Waals surface area (Å²) < 4.78 is 38.5. The van der Waals surface area contributed by atoms with E-state index in [0.717, 1.165) is 31.7 Å². The van der Waals surface area contributed by atoms with Crippen LogP contribution < -0.4 is 5.32 Å². The number of carbonyl (C=O) groups excluding carboxylic acids is 1. The number of likely N-dealkylation sites (tertiary alicyclic amines) is 1. The van der Waals surface area contributed by atoms with Crippen molar-refractivity contribution in [3.05, 3.63) is 30.1 Å². The average molecular weight is 364 g/mol. The second-order valence-corrected chi connectivity index (χ2v) is 6.94. The predicted octanol–water partition coefficient (Wildman–Crippen LogP) is 3.46. The molecule has 2 aromatic heterocycles. The smallest absolute Gasteiger partial charge is 0.367 e. The van der Waals surface area contributed by atoms with Crippen molar-refractivity contribution < 1.29 is 18.0 Å². The van der Waals surface area contributed by atoms with E-state index in [4.69, 9.17) is 0 Å². The Balaban J connectivity index is 1.46. The number of alkyl halides is 3. The lowest BCUT2D eigenvalue weighted by molar-refractivity contribution is -0.141. The van der Waals surface area contributed by atoms with Crippen LogP contribution in [0.5, 0.6) is 0 Å². The molecule has 4 rings (SSSR count). The zero-order valence-corrected chi connectivity index (χ0v) is 14.1. The molecule has 0 bridgehead atoms. The van der Waals surface area contributed by atoms with Gasteiger partial charge >= 0.3 is 6.18 Å². The molecule has 3 heterocycles. The van der Waals surface area contributed by atoms with Crippen molar-refractivity contribution in [1.82, 2.24) is 14.9 Å². The molecule has 2 aliphatic rings. The topological polar surface area (TPSA) is 58.1 Å². The van der Waals surface area contributed by atoms with Crippen LogP contribution in [0.3, 0.4) is 0 Å². The maximum absolute atomic E-state index is 12.8. The van der Waals surface area contributed by atoms with Crippen molar-refractivity contribution in [1.29, 1.82) is 0 Å². The Bertz CT molecular complexity index is 827. The Labute approximate surface area is 148 Å². The molecule has 26 heavy (non-hydrogen) atoms. The normalized spacial score (nSPS) is 19.0. The predicted molar refractivity (Wildman–Crippen MR) is 90.5 cm³/mol. The summed E-state index contributed by atoms with van der Waals surface area (Å²) in [6.45, 7) is 1.41. The number of rotatable bonds is 3. The number of nitrogens with zero attached hydrogens (tertiary/aromatic N) is 3. The molecular formula is C18H19F3N4O. The van der Waals surface area contributed by atoms with Crippen LogP contribution in [0.1, 0.15) is 31.4 Å². The van der Waals surface area contributed by atoms with E-state index in [-0.39, 0.29) is 23.4 Å². The lowest BCUT2D eigenvalue weighted by Gasteiger charge is -2.33. The van der Waals surface area contributed by atoms with Crippen LogP contribution in [0.4, 0.5) is 19.0 Å². The maximum atomic E-state index is 12.8. The summed E-state index contributed by atoms with van der Waals surface area (Å²) >= 11 is 0. The molecule has 1 aliphatic heterocycles. The third-order valence-corrected chi connectivity index (χ3v) is 4.98. The van der Waals surface area contributed by atoms with Gasteiger partial charge in [0.25, 0.3) is 0 Å². The minimum atomic E-state index is -4.47. The number of piperidine rings is 1. The Morgan fingerprint density at radius 3 is 2.50 bits per heavy atom. The van der Waals surface area contributed by atoms with E-state index in [2.05, 4.69) is 15.3 Å². The zero-order chi connectivity index (χ0) is 18.3. The monoisotopic (exact) mass is 364 g/mol. The van der Waals surface area contributed by atoms with Crippen LogP contribution in [0, 0.1) is 5.92 Å². The minimum Gasteiger partial charge on any atom is -0.367 e. The molecule has 0 spiro atoms. The van der Waals surface area contributed by atoms with Gasteiger partial charge in [-0.1, -0.05) is 0 Å². The highest BCUT2D eigenvalue weighted by atomic mass is 19.4. The molecule has 2 fully saturated rings. The van der Waals surface area contributed by atoms with E-state index in [1.54, 1.807) is 0 Å². The summed E-state index contributed by atoms with van der Waals surface area (Å²) in [6, 6.07) is 4.00. The summed E-state index contributed by atoms with van der Waals surface area (Å²) in [4.78, 5) is 22.0. The number of fused-ring (bicyclic) bond motifs is 1. The highest BCUT2D eigenvalue weighted by molar-refractivity contribution is 5.89. The highest BCUT2D eigenvalue weighted by Gasteiger charge is 2.35. The zero-order valence-electron chi connectivity index (χ0n) is 14.1. The number of anilines is 1. The molecule has 8 heteroatoms. The van der Waals surface area contributed by atoms with E-state index in [1.807, 2.05) is 4.90 Å². The number of carbonyl (C=O) groups is 1. The third kappa shape index (κ3) is 3.45. The van der Waals surface area contributed by atoms with Crippen LogP contribution in [0.25, 0.3) is 10.9 Å². The standard InChI is InChI=1S/C18H19F3N4O/c19-18(20,21)15-4-3-13-14(24-15)5-8-22-16(13)23-12-6-9-25(10-7-12)17(26)11-1-2-11/h3-5,8,11-12H,1-2,6-7,9-10H2,(H,22,23). The van der Waals surface area contributed by atoms with Crippen molar-refractivity contribution in [2.75, 3.05) is 18.4 Å². The van der Waals surface area contributed by atoms with Crippen LogP contribution >= 0.6 is 0 Å². The Hall–Kier alpha value is -2.38. The van der Waals surface area contributed by atoms with E-state index in [9.17, 15) is 18.0 Å². The van der Waals surface area contributed by atoms with E-state index in [0.29, 0.717) is 24.3 Å². The van der Waals surface area contributed by atoms with Gasteiger partial charge in [0.1, 0.15) is 11.5 Å². The summed E-state index contributed by atoms with van der Waals surface area (Å²) in [7, 11) is 0. The summed E-state index contributed by atoms with van der Waals surface area (Å²) in [5, 5.41) is 3.88. The van der Waals surface area contributed by atoms with Crippen LogP contribution in [0.15, 0.2) is 24.4 Å². The summed E-state index contributed by atoms with van der Waals surface area (Å²) in [5.74, 6) is 1.03. The maximum Gasteiger partial charge on any atom is 0.433 e. The quantitative estimate of drug-likeness (QED) is 0.906. The second kappa shape index (κ2) is 6.41. The van der Waals surface area contributed by atoms with Crippen LogP contribution in [0.2, 0.25) is 0 Å². The van der Waals surface area contributed by atoms with E-state index < -0.39 is 11.9 Å². The first-order chi connectivity index (χ1) is 12.4. The molecule has 5 nitrogen and oxygen atoms in total. The molecule has 0 radical (unpaired) electrons. The van der Waals surface area contributed by atoms with Gasteiger partial charge < -0.3 is 10.2 Å². The first kappa shape index (κ1) is 17.1. The third-order valence-electron chi connectivity index (χ3n) is 4.98. The molecule has 0 aromatic carbocycles. The lowest BCUT2D eigenvalue weighted by Crippen LogP contribution is -2.43. The fraction of sp³-hybridized carbons (Fsp3) is 0.500. The number of nitrogens with one attached hydrogen (secondary N) is 1. The van der Waals surface area contributed by atoms with E-state index in [1.165, 1.54) is 18.3 Å². The van der Waals surface area contributed by atoms with Crippen molar-refractivity contribution >= 4 is 22.6 Å². The number of amides is 1. The lowest BCUT2D eigenvalue weighted by atomic mass is 10.0. The Morgan fingerprint density at radius 2 is 1.85 bits per heavy atom. The van der Waals surface area contributed by atoms with Gasteiger partial charge in [0.15, 0.2) is 0 Å². The largest absolute Gasteiger partial charge is 0.433 e. The number of hydrogen-bond acceptors (Lipinski definition) is 4. The first-order valence-corrected chi connectivity index (χ1v) is 8.80. The van der Waals surface area contributed by atoms with Crippen molar-refractivity contribution in [3.63, 3.8) is 0 Å². The number of pyridine rings is 2. The van der Waals surface area contributed by atoms with Crippen molar-refractivity contribution in [2.45, 2.75) is 37.9 Å². The number of aromatic nitrogens is 2. The Kier molecular flexibility index (Phi) is 4.20. The molecule has 2 aromatic rings. The van der Waals surface area contributed by atoms with Gasteiger partial charge in [-0.2, -0.15) is 13.2 Å². The second-order valence-electron chi connectivity index (χ2n) is 6.94. The molecular weight excluding hydrogens is 345 g/mol. The Morgan fingerprint density at radius 1 is 1.12 bits per heavy atom. The molecule has 0 atom stereocenters. The number of hydrogen-bond donors (Lipinski definition) is 1. The van der Waals surface area contributed by atoms with Gasteiger partial charge in [0.2, 0.25) is 5.91 Å². The highest BCUT2D eigenvalue weighted by Crippen LogP contribution is 2.33. The van der Waals surface area contributed by atoms with Gasteiger partial charge in [-0.3, -0.25) is 4.79 Å². The van der Waals surface area contributed by atoms with Gasteiger partial charge in [0.05, 0.1) is 5.52 Å². The average Bonchev–Trinajstić information content (AvgIpc) is 3.46. The summed E-state index contributed by atoms with van der Waals surface area (Å²) in [5.41, 5.74) is -0.646. The fourth-order valence-electron chi connectivity index (χ4n) is 3.35. The van der Waals surface area contributed by atoms with Crippen LogP contribution in [-0.4, -0.2) is 39.9 Å². The van der Waals surface area contributed by atoms with Crippen molar-refractivity contribution in [2.24, 2.45) is 5.92 Å².